The van der Waals surface area contributed by atoms with Gasteiger partial charge in [-0.3, -0.25) is 4.79 Å². The number of nitriles is 1. The van der Waals surface area contributed by atoms with Gasteiger partial charge in [0.05, 0.1) is 0 Å². The van der Waals surface area contributed by atoms with E-state index in [-0.39, 0.29) is 22.9 Å². The zero-order valence-electron chi connectivity index (χ0n) is 11.6. The lowest BCUT2D eigenvalue weighted by Gasteiger charge is -2.36. The number of aliphatic imine (C=N–C) groups is 1. The Hall–Kier alpha value is -2.09. The molecule has 1 aliphatic rings. The maximum absolute atomic E-state index is 11.7. The van der Waals surface area contributed by atoms with E-state index in [0.29, 0.717) is 0 Å². The van der Waals surface area contributed by atoms with Crippen molar-refractivity contribution in [1.29, 1.82) is 5.26 Å². The number of guanidine groups is 1. The van der Waals surface area contributed by atoms with Crippen LogP contribution in [0, 0.1) is 22.7 Å². The Labute approximate surface area is 113 Å². The fourth-order valence-corrected chi connectivity index (χ4v) is 2.43. The van der Waals surface area contributed by atoms with E-state index in [2.05, 4.69) is 24.9 Å². The highest BCUT2D eigenvalue weighted by atomic mass is 16.1. The third-order valence-electron chi connectivity index (χ3n) is 3.50. The number of allylic oxidation sites excluding steroid dienone is 3. The highest BCUT2D eigenvalue weighted by Gasteiger charge is 2.32. The number of carbonyl (C=O) groups is 1. The normalized spacial score (nSPS) is 22.1. The Morgan fingerprint density at radius 3 is 2.68 bits per heavy atom. The van der Waals surface area contributed by atoms with Gasteiger partial charge in [-0.2, -0.15) is 10.3 Å². The second kappa shape index (κ2) is 5.70. The van der Waals surface area contributed by atoms with Crippen LogP contribution >= 0.6 is 0 Å². The summed E-state index contributed by atoms with van der Waals surface area (Å²) in [5.41, 5.74) is 11.5. The first kappa shape index (κ1) is 15.0. The molecule has 0 unspecified atom stereocenters. The fourth-order valence-electron chi connectivity index (χ4n) is 2.43. The molecule has 0 aromatic carbocycles. The van der Waals surface area contributed by atoms with E-state index in [0.717, 1.165) is 12.8 Å². The van der Waals surface area contributed by atoms with Gasteiger partial charge in [0, 0.05) is 5.92 Å². The molecule has 0 bridgehead atoms. The lowest BCUT2D eigenvalue weighted by Crippen LogP contribution is -2.27. The smallest absolute Gasteiger partial charge is 0.290 e. The van der Waals surface area contributed by atoms with Gasteiger partial charge < -0.3 is 11.5 Å². The lowest BCUT2D eigenvalue weighted by atomic mass is 9.68. The summed E-state index contributed by atoms with van der Waals surface area (Å²) in [5, 5.41) is 9.09. The number of nitrogens with two attached hydrogens (primary N) is 2. The van der Waals surface area contributed by atoms with E-state index in [4.69, 9.17) is 16.7 Å². The second-order valence-corrected chi connectivity index (χ2v) is 5.49. The monoisotopic (exact) mass is 260 g/mol. The largest absolute Gasteiger partial charge is 0.370 e. The molecular weight excluding hydrogens is 240 g/mol. The van der Waals surface area contributed by atoms with Crippen molar-refractivity contribution in [2.45, 2.75) is 33.6 Å². The van der Waals surface area contributed by atoms with Gasteiger partial charge >= 0.3 is 0 Å². The minimum absolute atomic E-state index is 0.0128. The quantitative estimate of drug-likeness (QED) is 0.259. The van der Waals surface area contributed by atoms with Crippen LogP contribution in [-0.4, -0.2) is 11.9 Å². The van der Waals surface area contributed by atoms with E-state index >= 15 is 0 Å². The van der Waals surface area contributed by atoms with Crippen molar-refractivity contribution < 1.29 is 4.79 Å². The average molecular weight is 260 g/mol. The molecule has 0 fully saturated rings. The molecule has 0 aromatic heterocycles. The highest BCUT2D eigenvalue weighted by Crippen LogP contribution is 2.42. The summed E-state index contributed by atoms with van der Waals surface area (Å²) in [6, 6.07) is 1.88. The van der Waals surface area contributed by atoms with Gasteiger partial charge in [-0.1, -0.05) is 31.6 Å². The average Bonchev–Trinajstić information content (AvgIpc) is 2.26. The Balaban J connectivity index is 3.14. The summed E-state index contributed by atoms with van der Waals surface area (Å²) < 4.78 is 0. The van der Waals surface area contributed by atoms with E-state index < -0.39 is 5.91 Å². The summed E-state index contributed by atoms with van der Waals surface area (Å²) in [4.78, 5) is 15.1. The Kier molecular flexibility index (Phi) is 4.49. The zero-order valence-corrected chi connectivity index (χ0v) is 11.6. The molecule has 0 aliphatic heterocycles. The summed E-state index contributed by atoms with van der Waals surface area (Å²) in [6.07, 6.45) is 5.86. The third-order valence-corrected chi connectivity index (χ3v) is 3.50. The van der Waals surface area contributed by atoms with Crippen LogP contribution in [0.2, 0.25) is 0 Å². The molecule has 1 atom stereocenters. The maximum atomic E-state index is 11.7. The molecule has 5 nitrogen and oxygen atoms in total. The molecule has 0 radical (unpaired) electrons. The number of hydrogen-bond donors (Lipinski definition) is 2. The predicted molar refractivity (Wildman–Crippen MR) is 74.8 cm³/mol. The molecule has 0 heterocycles. The third kappa shape index (κ3) is 3.68. The molecule has 4 N–H and O–H groups in total. The van der Waals surface area contributed by atoms with E-state index in [1.165, 1.54) is 5.57 Å². The van der Waals surface area contributed by atoms with Gasteiger partial charge in [0.15, 0.2) is 5.96 Å². The highest BCUT2D eigenvalue weighted by molar-refractivity contribution is 6.03. The molecule has 0 saturated heterocycles. The van der Waals surface area contributed by atoms with Crippen molar-refractivity contribution in [2.24, 2.45) is 27.8 Å². The molecule has 0 aromatic rings. The number of nitrogens with zero attached hydrogens (tertiary/aromatic N) is 2. The molecular formula is C14H20N4O. The van der Waals surface area contributed by atoms with Crippen molar-refractivity contribution in [1.82, 2.24) is 0 Å². The molecule has 102 valence electrons. The minimum atomic E-state index is -0.684. The zero-order chi connectivity index (χ0) is 14.6. The number of hydrogen-bond acceptors (Lipinski definition) is 2. The molecule has 1 rings (SSSR count). The summed E-state index contributed by atoms with van der Waals surface area (Å²) in [6.45, 7) is 6.28. The number of rotatable bonds is 2. The Morgan fingerprint density at radius 1 is 1.58 bits per heavy atom. The summed E-state index contributed by atoms with van der Waals surface area (Å²) in [7, 11) is 0. The van der Waals surface area contributed by atoms with Crippen LogP contribution in [0.25, 0.3) is 0 Å². The number of carbonyl (C=O) groups excluding carboxylic acids is 1. The topological polar surface area (TPSA) is 105 Å². The Morgan fingerprint density at radius 2 is 2.21 bits per heavy atom. The molecule has 1 amide bonds. The molecule has 0 saturated carbocycles. The first-order valence-corrected chi connectivity index (χ1v) is 6.20. The van der Waals surface area contributed by atoms with E-state index in [9.17, 15) is 4.79 Å². The van der Waals surface area contributed by atoms with Crippen LogP contribution in [0.3, 0.4) is 0 Å². The van der Waals surface area contributed by atoms with Gasteiger partial charge in [-0.05, 0) is 25.2 Å². The van der Waals surface area contributed by atoms with Gasteiger partial charge in [0.25, 0.3) is 5.91 Å². The van der Waals surface area contributed by atoms with Crippen molar-refractivity contribution in [2.75, 3.05) is 0 Å². The van der Waals surface area contributed by atoms with Crippen LogP contribution < -0.4 is 11.5 Å². The minimum Gasteiger partial charge on any atom is -0.370 e. The van der Waals surface area contributed by atoms with Crippen molar-refractivity contribution in [3.8, 4) is 6.07 Å². The first-order chi connectivity index (χ1) is 8.77. The summed E-state index contributed by atoms with van der Waals surface area (Å²) >= 11 is 0. The molecule has 5 heteroatoms. The van der Waals surface area contributed by atoms with Crippen LogP contribution in [0.1, 0.15) is 33.6 Å². The van der Waals surface area contributed by atoms with E-state index in [1.54, 1.807) is 6.08 Å². The summed E-state index contributed by atoms with van der Waals surface area (Å²) in [5.74, 6) is -0.966. The van der Waals surface area contributed by atoms with Crippen LogP contribution in [0.4, 0.5) is 0 Å². The molecule has 0 spiro atoms. The predicted octanol–water partition coefficient (Wildman–Crippen LogP) is 1.62. The SMILES string of the molecule is CC1=CCCC(C)(C)[C@@H]1/C=C(\C#N)C(=O)N=C(N)N. The standard InChI is InChI=1S/C14H20N4O/c1-9-5-4-6-14(2,3)11(9)7-10(8-15)12(19)18-13(16)17/h5,7,11H,4,6H2,1-3H3,(H4,16,17,18,19)/b10-7+/t11-/m1/s1. The lowest BCUT2D eigenvalue weighted by molar-refractivity contribution is -0.114. The number of amides is 1. The van der Waals surface area contributed by atoms with Crippen molar-refractivity contribution in [3.05, 3.63) is 23.3 Å². The van der Waals surface area contributed by atoms with Gasteiger partial charge in [-0.25, -0.2) is 0 Å². The molecule has 19 heavy (non-hydrogen) atoms. The fraction of sp³-hybridized carbons (Fsp3) is 0.500. The van der Waals surface area contributed by atoms with Crippen molar-refractivity contribution in [3.63, 3.8) is 0 Å². The second-order valence-electron chi connectivity index (χ2n) is 5.49. The van der Waals surface area contributed by atoms with Crippen LogP contribution in [-0.2, 0) is 4.79 Å². The first-order valence-electron chi connectivity index (χ1n) is 6.20. The van der Waals surface area contributed by atoms with Crippen LogP contribution in [0.15, 0.2) is 28.3 Å². The van der Waals surface area contributed by atoms with Gasteiger partial charge in [0.1, 0.15) is 11.6 Å². The van der Waals surface area contributed by atoms with E-state index in [1.807, 2.05) is 13.0 Å². The van der Waals surface area contributed by atoms with Crippen LogP contribution in [0.5, 0.6) is 0 Å². The van der Waals surface area contributed by atoms with Crippen molar-refractivity contribution >= 4 is 11.9 Å². The van der Waals surface area contributed by atoms with Gasteiger partial charge in [0.2, 0.25) is 0 Å². The maximum Gasteiger partial charge on any atom is 0.290 e. The van der Waals surface area contributed by atoms with Gasteiger partial charge in [-0.15, -0.1) is 0 Å². The Bertz CT molecular complexity index is 502. The molecule has 1 aliphatic carbocycles.